The summed E-state index contributed by atoms with van der Waals surface area (Å²) in [6.45, 7) is -0.219. The molecule has 0 saturated heterocycles. The van der Waals surface area contributed by atoms with Crippen molar-refractivity contribution >= 4 is 16.9 Å². The molecule has 3 aliphatic carbocycles. The van der Waals surface area contributed by atoms with Crippen LogP contribution in [0.2, 0.25) is 0 Å². The third kappa shape index (κ3) is 2.81. The first-order valence-corrected chi connectivity index (χ1v) is 8.90. The van der Waals surface area contributed by atoms with Gasteiger partial charge in [0.15, 0.2) is 5.65 Å². The number of hydrogen-bond acceptors (Lipinski definition) is 4. The number of nitrogens with one attached hydrogen (secondary N) is 1. The molecule has 0 aromatic carbocycles. The van der Waals surface area contributed by atoms with E-state index in [1.165, 1.54) is 21.8 Å². The van der Waals surface area contributed by atoms with Gasteiger partial charge in [0.1, 0.15) is 18.3 Å². The summed E-state index contributed by atoms with van der Waals surface area (Å²) < 4.78 is 42.7. The van der Waals surface area contributed by atoms with Gasteiger partial charge in [0.05, 0.1) is 11.6 Å². The van der Waals surface area contributed by atoms with Crippen molar-refractivity contribution in [2.24, 2.45) is 12.5 Å². The van der Waals surface area contributed by atoms with Crippen LogP contribution in [0.4, 0.5) is 13.2 Å². The molecular weight excluding hydrogens is 363 g/mol. The lowest BCUT2D eigenvalue weighted by molar-refractivity contribution is -0.254. The van der Waals surface area contributed by atoms with E-state index in [2.05, 4.69) is 15.4 Å². The molecule has 2 heterocycles. The van der Waals surface area contributed by atoms with E-state index in [1.807, 2.05) is 0 Å². The van der Waals surface area contributed by atoms with Gasteiger partial charge in [-0.3, -0.25) is 18.8 Å². The van der Waals surface area contributed by atoms with Crippen LogP contribution in [0, 0.1) is 5.41 Å². The Morgan fingerprint density at radius 1 is 1.22 bits per heavy atom. The van der Waals surface area contributed by atoms with Crippen LogP contribution in [-0.4, -0.2) is 37.0 Å². The van der Waals surface area contributed by atoms with Crippen LogP contribution in [0.5, 0.6) is 0 Å². The van der Waals surface area contributed by atoms with Crippen LogP contribution in [0.1, 0.15) is 38.5 Å². The van der Waals surface area contributed by atoms with E-state index >= 15 is 0 Å². The van der Waals surface area contributed by atoms with Gasteiger partial charge >= 0.3 is 6.18 Å². The molecule has 10 heteroatoms. The van der Waals surface area contributed by atoms with Crippen molar-refractivity contribution in [2.75, 3.05) is 0 Å². The molecule has 0 radical (unpaired) electrons. The summed E-state index contributed by atoms with van der Waals surface area (Å²) in [5, 5.41) is 7.19. The van der Waals surface area contributed by atoms with E-state index in [0.29, 0.717) is 30.3 Å². The van der Waals surface area contributed by atoms with E-state index in [1.54, 1.807) is 7.05 Å². The fraction of sp³-hybridized carbons (Fsp3) is 0.647. The number of carbonyl (C=O) groups excluding carboxylic acids is 1. The Hall–Kier alpha value is -2.39. The van der Waals surface area contributed by atoms with Gasteiger partial charge in [0, 0.05) is 12.6 Å². The molecule has 0 aliphatic heterocycles. The summed E-state index contributed by atoms with van der Waals surface area (Å²) in [5.74, 6) is -0.386. The minimum atomic E-state index is -4.19. The molecule has 3 aliphatic rings. The van der Waals surface area contributed by atoms with Crippen molar-refractivity contribution in [3.05, 3.63) is 22.9 Å². The van der Waals surface area contributed by atoms with Crippen LogP contribution in [0.15, 0.2) is 17.3 Å². The molecule has 1 amide bonds. The normalized spacial score (nSPS) is 27.9. The van der Waals surface area contributed by atoms with E-state index < -0.39 is 17.1 Å². The number of carbonyl (C=O) groups is 1. The summed E-state index contributed by atoms with van der Waals surface area (Å²) >= 11 is 0. The van der Waals surface area contributed by atoms with Crippen molar-refractivity contribution in [2.45, 2.75) is 56.8 Å². The first-order chi connectivity index (χ1) is 12.6. The van der Waals surface area contributed by atoms with Crippen molar-refractivity contribution in [1.29, 1.82) is 0 Å². The number of aryl methyl sites for hydroxylation is 1. The second-order valence-electron chi connectivity index (χ2n) is 7.79. The van der Waals surface area contributed by atoms with Gasteiger partial charge in [0.2, 0.25) is 5.91 Å². The Labute approximate surface area is 152 Å². The molecular formula is C17H20F3N5O2. The molecule has 0 atom stereocenters. The van der Waals surface area contributed by atoms with Crippen molar-refractivity contribution in [3.8, 4) is 0 Å². The van der Waals surface area contributed by atoms with E-state index in [0.717, 1.165) is 0 Å². The Morgan fingerprint density at radius 2 is 1.85 bits per heavy atom. The smallest absolute Gasteiger partial charge is 0.349 e. The third-order valence-corrected chi connectivity index (χ3v) is 6.28. The highest BCUT2D eigenvalue weighted by molar-refractivity contribution is 5.78. The molecule has 1 N–H and O–H groups in total. The third-order valence-electron chi connectivity index (χ3n) is 6.28. The first-order valence-electron chi connectivity index (χ1n) is 8.90. The van der Waals surface area contributed by atoms with Gasteiger partial charge in [0.25, 0.3) is 5.56 Å². The highest BCUT2D eigenvalue weighted by Gasteiger charge is 2.61. The predicted molar refractivity (Wildman–Crippen MR) is 89.8 cm³/mol. The number of nitrogens with zero attached hydrogens (tertiary/aromatic N) is 4. The lowest BCUT2D eigenvalue weighted by Crippen LogP contribution is -2.60. The zero-order valence-corrected chi connectivity index (χ0v) is 14.8. The van der Waals surface area contributed by atoms with Gasteiger partial charge < -0.3 is 5.32 Å². The summed E-state index contributed by atoms with van der Waals surface area (Å²) in [6, 6.07) is 0. The zero-order valence-electron chi connectivity index (χ0n) is 14.8. The lowest BCUT2D eigenvalue weighted by atomic mass is 9.57. The van der Waals surface area contributed by atoms with Gasteiger partial charge in [-0.2, -0.15) is 18.3 Å². The highest BCUT2D eigenvalue weighted by Crippen LogP contribution is 2.59. The quantitative estimate of drug-likeness (QED) is 0.878. The second-order valence-corrected chi connectivity index (χ2v) is 7.79. The average Bonchev–Trinajstić information content (AvgIpc) is 2.99. The van der Waals surface area contributed by atoms with E-state index in [-0.39, 0.29) is 37.3 Å². The van der Waals surface area contributed by atoms with Gasteiger partial charge in [-0.25, -0.2) is 4.98 Å². The molecule has 27 heavy (non-hydrogen) atoms. The Balaban J connectivity index is 1.47. The number of alkyl halides is 3. The average molecular weight is 383 g/mol. The first kappa shape index (κ1) is 18.0. The summed E-state index contributed by atoms with van der Waals surface area (Å²) in [7, 11) is 1.66. The lowest BCUT2D eigenvalue weighted by Gasteiger charge is -2.53. The van der Waals surface area contributed by atoms with E-state index in [4.69, 9.17) is 0 Å². The number of rotatable bonds is 3. The molecule has 3 fully saturated rings. The minimum absolute atomic E-state index is 0.0416. The summed E-state index contributed by atoms with van der Waals surface area (Å²) in [5.41, 5.74) is -2.13. The van der Waals surface area contributed by atoms with Crippen molar-refractivity contribution < 1.29 is 18.0 Å². The number of fused-ring (bicyclic) bond motifs is 4. The monoisotopic (exact) mass is 383 g/mol. The summed E-state index contributed by atoms with van der Waals surface area (Å²) in [4.78, 5) is 29.1. The molecule has 3 saturated carbocycles. The molecule has 2 aromatic heterocycles. The van der Waals surface area contributed by atoms with Crippen molar-refractivity contribution in [3.63, 3.8) is 0 Å². The fourth-order valence-corrected chi connectivity index (χ4v) is 4.47. The Bertz CT molecular complexity index is 937. The highest BCUT2D eigenvalue weighted by atomic mass is 19.4. The second kappa shape index (κ2) is 5.80. The Morgan fingerprint density at radius 3 is 2.44 bits per heavy atom. The van der Waals surface area contributed by atoms with Crippen LogP contribution in [0.25, 0.3) is 11.0 Å². The molecule has 7 nitrogen and oxygen atoms in total. The number of halogens is 3. The van der Waals surface area contributed by atoms with Crippen LogP contribution < -0.4 is 10.9 Å². The fourth-order valence-electron chi connectivity index (χ4n) is 4.47. The van der Waals surface area contributed by atoms with E-state index in [9.17, 15) is 22.8 Å². The molecule has 0 spiro atoms. The predicted octanol–water partition coefficient (Wildman–Crippen LogP) is 1.90. The standard InChI is InChI=1S/C17H20F3N5O2/c1-24-13-11(8-22-24)14(27)25(10-21-13)9-12(26)23-16-5-2-15(3-6-16,4-7-16)17(18,19)20/h8,10H,2-7,9H2,1H3,(H,23,26). The van der Waals surface area contributed by atoms with Crippen LogP contribution >= 0.6 is 0 Å². The maximum Gasteiger partial charge on any atom is 0.394 e. The molecule has 2 bridgehead atoms. The van der Waals surface area contributed by atoms with Gasteiger partial charge in [-0.05, 0) is 38.5 Å². The number of aromatic nitrogens is 4. The van der Waals surface area contributed by atoms with Gasteiger partial charge in [-0.15, -0.1) is 0 Å². The topological polar surface area (TPSA) is 81.8 Å². The van der Waals surface area contributed by atoms with Gasteiger partial charge in [-0.1, -0.05) is 0 Å². The molecule has 146 valence electrons. The number of amides is 1. The molecule has 5 rings (SSSR count). The maximum absolute atomic E-state index is 13.3. The zero-order chi connectivity index (χ0) is 19.4. The maximum atomic E-state index is 13.3. The Kier molecular flexibility index (Phi) is 3.87. The minimum Gasteiger partial charge on any atom is -0.349 e. The number of hydrogen-bond donors (Lipinski definition) is 1. The molecule has 0 unspecified atom stereocenters. The summed E-state index contributed by atoms with van der Waals surface area (Å²) in [6.07, 6.45) is -0.439. The SMILES string of the molecule is Cn1ncc2c(=O)n(CC(=O)NC34CCC(C(F)(F)F)(CC3)CC4)cnc21. The largest absolute Gasteiger partial charge is 0.394 e. The molecule has 2 aromatic rings. The van der Waals surface area contributed by atoms with Crippen molar-refractivity contribution in [1.82, 2.24) is 24.6 Å². The van der Waals surface area contributed by atoms with Crippen LogP contribution in [0.3, 0.4) is 0 Å². The van der Waals surface area contributed by atoms with Crippen LogP contribution in [-0.2, 0) is 18.4 Å².